The van der Waals surface area contributed by atoms with E-state index in [1.807, 2.05) is 12.1 Å². The lowest BCUT2D eigenvalue weighted by atomic mass is 10.1. The summed E-state index contributed by atoms with van der Waals surface area (Å²) in [6, 6.07) is 9.53. The minimum atomic E-state index is -4.86. The smallest absolute Gasteiger partial charge is 0.419 e. The molecule has 5 nitrogen and oxygen atoms in total. The number of hydrogen-bond acceptors (Lipinski definition) is 4. The first-order valence-corrected chi connectivity index (χ1v) is 9.43. The van der Waals surface area contributed by atoms with Gasteiger partial charge in [0.2, 0.25) is 0 Å². The molecule has 0 radical (unpaired) electrons. The fraction of sp³-hybridized carbons (Fsp3) is 0.100. The Morgan fingerprint density at radius 3 is 2.73 bits per heavy atom. The zero-order chi connectivity index (χ0) is 21.5. The predicted molar refractivity (Wildman–Crippen MR) is 104 cm³/mol. The van der Waals surface area contributed by atoms with Crippen molar-refractivity contribution in [2.24, 2.45) is 0 Å². The van der Waals surface area contributed by atoms with E-state index < -0.39 is 23.5 Å². The quantitative estimate of drug-likeness (QED) is 0.432. The number of methoxy groups -OCH3 is 1. The van der Waals surface area contributed by atoms with Crippen molar-refractivity contribution in [1.82, 2.24) is 9.38 Å². The van der Waals surface area contributed by atoms with Gasteiger partial charge < -0.3 is 10.1 Å². The van der Waals surface area contributed by atoms with E-state index in [2.05, 4.69) is 10.3 Å². The number of alkyl halides is 3. The van der Waals surface area contributed by atoms with Crippen LogP contribution in [0.15, 0.2) is 54.0 Å². The number of thiazole rings is 1. The van der Waals surface area contributed by atoms with Crippen molar-refractivity contribution in [1.29, 1.82) is 0 Å². The van der Waals surface area contributed by atoms with Crippen LogP contribution in [0.4, 0.5) is 23.2 Å². The van der Waals surface area contributed by atoms with E-state index in [0.29, 0.717) is 28.5 Å². The monoisotopic (exact) mass is 435 g/mol. The Morgan fingerprint density at radius 1 is 1.20 bits per heavy atom. The summed E-state index contributed by atoms with van der Waals surface area (Å²) in [5.41, 5.74) is -0.0321. The van der Waals surface area contributed by atoms with Crippen LogP contribution >= 0.6 is 11.3 Å². The number of benzene rings is 2. The number of anilines is 1. The number of fused-ring (bicyclic) bond motifs is 1. The van der Waals surface area contributed by atoms with Crippen LogP contribution in [0.25, 0.3) is 16.2 Å². The lowest BCUT2D eigenvalue weighted by molar-refractivity contribution is -0.139. The number of ether oxygens (including phenoxy) is 1. The van der Waals surface area contributed by atoms with Crippen LogP contribution in [-0.4, -0.2) is 22.4 Å². The van der Waals surface area contributed by atoms with Gasteiger partial charge in [0.25, 0.3) is 5.91 Å². The number of halogens is 4. The highest BCUT2D eigenvalue weighted by Crippen LogP contribution is 2.33. The number of imidazole rings is 1. The van der Waals surface area contributed by atoms with Crippen molar-refractivity contribution in [2.75, 3.05) is 12.4 Å². The maximum Gasteiger partial charge on any atom is 0.419 e. The summed E-state index contributed by atoms with van der Waals surface area (Å²) in [6.07, 6.45) is -3.21. The molecule has 0 aliphatic carbocycles. The van der Waals surface area contributed by atoms with Crippen LogP contribution < -0.4 is 10.1 Å². The summed E-state index contributed by atoms with van der Waals surface area (Å²) >= 11 is 1.21. The van der Waals surface area contributed by atoms with Crippen LogP contribution in [-0.2, 0) is 6.18 Å². The number of rotatable bonds is 4. The van der Waals surface area contributed by atoms with Gasteiger partial charge in [0.05, 0.1) is 18.4 Å². The average Bonchev–Trinajstić information content (AvgIpc) is 3.29. The SMILES string of the molecule is COc1cccc(-c2cn3c(C(=O)Nc4ccc(F)c(C(F)(F)F)c4)csc3n2)c1. The number of carbonyl (C=O) groups is 1. The highest BCUT2D eigenvalue weighted by atomic mass is 32.1. The van der Waals surface area contributed by atoms with E-state index >= 15 is 0 Å². The Bertz CT molecular complexity index is 1250. The zero-order valence-electron chi connectivity index (χ0n) is 15.3. The Morgan fingerprint density at radius 2 is 2.00 bits per heavy atom. The Hall–Kier alpha value is -3.40. The van der Waals surface area contributed by atoms with Crippen molar-refractivity contribution in [3.05, 3.63) is 71.1 Å². The largest absolute Gasteiger partial charge is 0.497 e. The molecule has 0 spiro atoms. The molecule has 0 aliphatic rings. The normalized spacial score (nSPS) is 11.6. The zero-order valence-corrected chi connectivity index (χ0v) is 16.1. The molecule has 30 heavy (non-hydrogen) atoms. The van der Waals surface area contributed by atoms with E-state index in [-0.39, 0.29) is 11.4 Å². The van der Waals surface area contributed by atoms with Crippen LogP contribution in [0, 0.1) is 5.82 Å². The third-order valence-electron chi connectivity index (χ3n) is 4.34. The van der Waals surface area contributed by atoms with E-state index in [0.717, 1.165) is 11.6 Å². The molecule has 0 atom stereocenters. The molecular formula is C20H13F4N3O2S. The fourth-order valence-corrected chi connectivity index (χ4v) is 3.74. The number of carbonyl (C=O) groups excluding carboxylic acids is 1. The van der Waals surface area contributed by atoms with Crippen molar-refractivity contribution < 1.29 is 27.1 Å². The van der Waals surface area contributed by atoms with Gasteiger partial charge in [-0.2, -0.15) is 13.2 Å². The molecule has 2 heterocycles. The average molecular weight is 435 g/mol. The number of nitrogens with zero attached hydrogens (tertiary/aromatic N) is 2. The van der Waals surface area contributed by atoms with Crippen molar-refractivity contribution in [3.8, 4) is 17.0 Å². The highest BCUT2D eigenvalue weighted by Gasteiger charge is 2.34. The van der Waals surface area contributed by atoms with E-state index in [9.17, 15) is 22.4 Å². The van der Waals surface area contributed by atoms with Crippen LogP contribution in [0.1, 0.15) is 16.1 Å². The second-order valence-corrected chi connectivity index (χ2v) is 7.11. The molecule has 0 saturated heterocycles. The first-order chi connectivity index (χ1) is 14.3. The van der Waals surface area contributed by atoms with E-state index in [4.69, 9.17) is 4.74 Å². The molecular weight excluding hydrogens is 422 g/mol. The van der Waals surface area contributed by atoms with Crippen molar-refractivity contribution >= 4 is 27.9 Å². The third kappa shape index (κ3) is 3.73. The number of hydrogen-bond donors (Lipinski definition) is 1. The molecule has 0 aliphatic heterocycles. The molecule has 10 heteroatoms. The molecule has 4 aromatic rings. The fourth-order valence-electron chi connectivity index (χ4n) is 2.88. The minimum absolute atomic E-state index is 0.166. The molecule has 1 amide bonds. The number of aromatic nitrogens is 2. The standard InChI is InChI=1S/C20H13F4N3O2S/c1-29-13-4-2-3-11(7-13)16-9-27-17(10-30-19(27)26-16)18(28)25-12-5-6-15(21)14(8-12)20(22,23)24/h2-10H,1H3,(H,25,28). The van der Waals surface area contributed by atoms with Crippen molar-refractivity contribution in [2.45, 2.75) is 6.18 Å². The summed E-state index contributed by atoms with van der Waals surface area (Å²) < 4.78 is 58.9. The topological polar surface area (TPSA) is 55.6 Å². The Balaban J connectivity index is 1.64. The molecule has 154 valence electrons. The predicted octanol–water partition coefficient (Wildman–Crippen LogP) is 5.48. The third-order valence-corrected chi connectivity index (χ3v) is 5.18. The van der Waals surface area contributed by atoms with Gasteiger partial charge in [-0.05, 0) is 30.3 Å². The van der Waals surface area contributed by atoms with Gasteiger partial charge in [0.15, 0.2) is 4.96 Å². The molecule has 0 unspecified atom stereocenters. The maximum atomic E-state index is 13.5. The Labute approximate surface area is 171 Å². The van der Waals surface area contributed by atoms with Gasteiger partial charge in [0.1, 0.15) is 17.3 Å². The van der Waals surface area contributed by atoms with Gasteiger partial charge in [0, 0.05) is 22.8 Å². The van der Waals surface area contributed by atoms with Crippen LogP contribution in [0.2, 0.25) is 0 Å². The van der Waals surface area contributed by atoms with E-state index in [1.54, 1.807) is 35.2 Å². The molecule has 0 bridgehead atoms. The van der Waals surface area contributed by atoms with Gasteiger partial charge in [-0.3, -0.25) is 9.20 Å². The molecule has 2 aromatic carbocycles. The second-order valence-electron chi connectivity index (χ2n) is 6.28. The number of amides is 1. The van der Waals surface area contributed by atoms with Crippen LogP contribution in [0.3, 0.4) is 0 Å². The summed E-state index contributed by atoms with van der Waals surface area (Å²) in [7, 11) is 1.55. The van der Waals surface area contributed by atoms with E-state index in [1.165, 1.54) is 11.3 Å². The molecule has 4 rings (SSSR count). The second kappa shape index (κ2) is 7.45. The minimum Gasteiger partial charge on any atom is -0.497 e. The first-order valence-electron chi connectivity index (χ1n) is 8.55. The summed E-state index contributed by atoms with van der Waals surface area (Å²) in [5, 5.41) is 3.92. The molecule has 0 saturated carbocycles. The first kappa shape index (κ1) is 19.9. The Kier molecular flexibility index (Phi) is 4.94. The molecule has 1 N–H and O–H groups in total. The molecule has 2 aromatic heterocycles. The summed E-state index contributed by atoms with van der Waals surface area (Å²) in [4.78, 5) is 17.6. The van der Waals surface area contributed by atoms with Gasteiger partial charge in [-0.25, -0.2) is 9.37 Å². The summed E-state index contributed by atoms with van der Waals surface area (Å²) in [5.74, 6) is -1.40. The number of nitrogens with one attached hydrogen (secondary N) is 1. The van der Waals surface area contributed by atoms with Crippen LogP contribution in [0.5, 0.6) is 5.75 Å². The maximum absolute atomic E-state index is 13.5. The highest BCUT2D eigenvalue weighted by molar-refractivity contribution is 7.15. The van der Waals surface area contributed by atoms with Crippen molar-refractivity contribution in [3.63, 3.8) is 0 Å². The lowest BCUT2D eigenvalue weighted by Crippen LogP contribution is -2.15. The lowest BCUT2D eigenvalue weighted by Gasteiger charge is -2.10. The van der Waals surface area contributed by atoms with Gasteiger partial charge in [-0.1, -0.05) is 12.1 Å². The van der Waals surface area contributed by atoms with Gasteiger partial charge in [-0.15, -0.1) is 11.3 Å². The summed E-state index contributed by atoms with van der Waals surface area (Å²) in [6.45, 7) is 0. The van der Waals surface area contributed by atoms with Gasteiger partial charge >= 0.3 is 6.18 Å². The molecule has 0 fully saturated rings.